The molecule has 0 radical (unpaired) electrons. The predicted octanol–water partition coefficient (Wildman–Crippen LogP) is 2.99. The van der Waals surface area contributed by atoms with Gasteiger partial charge in [-0.3, -0.25) is 4.90 Å². The maximum absolute atomic E-state index is 5.96. The van der Waals surface area contributed by atoms with Gasteiger partial charge in [0.05, 0.1) is 25.7 Å². The van der Waals surface area contributed by atoms with E-state index >= 15 is 0 Å². The molecule has 0 bridgehead atoms. The molecule has 1 aromatic carbocycles. The molecule has 8 nitrogen and oxygen atoms in total. The van der Waals surface area contributed by atoms with Crippen molar-refractivity contribution in [2.45, 2.75) is 52.1 Å². The Balaban J connectivity index is 1.55. The number of nitrogen functional groups attached to an aromatic ring is 1. The van der Waals surface area contributed by atoms with Crippen LogP contribution < -0.4 is 15.8 Å². The second-order valence-corrected chi connectivity index (χ2v) is 8.56. The minimum Gasteiger partial charge on any atom is -0.496 e. The number of benzene rings is 1. The van der Waals surface area contributed by atoms with Crippen molar-refractivity contribution >= 4 is 17.1 Å². The van der Waals surface area contributed by atoms with Gasteiger partial charge in [-0.15, -0.1) is 0 Å². The molecule has 1 aliphatic heterocycles. The lowest BCUT2D eigenvalue weighted by Gasteiger charge is -2.27. The van der Waals surface area contributed by atoms with Crippen molar-refractivity contribution in [3.8, 4) is 5.75 Å². The standard InChI is InChI=1S/C24H35N7O/c1-3-4-5-6-7-20-22-23(29-24(25)28-20)27-17-31(22)16-19-9-8-18(14-21(19)32-2)15-30-12-10-26-11-13-30/h8-9,14,17,26H,3-7,10-13,15-16H2,1-2H3,(H2,25,28,29). The molecule has 1 fully saturated rings. The van der Waals surface area contributed by atoms with Gasteiger partial charge in [0.25, 0.3) is 0 Å². The number of imidazole rings is 1. The summed E-state index contributed by atoms with van der Waals surface area (Å²) in [5, 5.41) is 3.41. The Morgan fingerprint density at radius 3 is 2.72 bits per heavy atom. The zero-order chi connectivity index (χ0) is 22.3. The van der Waals surface area contributed by atoms with Crippen molar-refractivity contribution in [3.63, 3.8) is 0 Å². The van der Waals surface area contributed by atoms with E-state index in [0.717, 1.165) is 68.1 Å². The molecule has 0 saturated carbocycles. The SMILES string of the molecule is CCCCCCc1nc(N)nc2ncn(Cc3ccc(CN4CCNCC4)cc3OC)c12. The Morgan fingerprint density at radius 1 is 1.09 bits per heavy atom. The van der Waals surface area contributed by atoms with Gasteiger partial charge in [-0.05, 0) is 24.5 Å². The van der Waals surface area contributed by atoms with Crippen LogP contribution in [0.1, 0.15) is 49.4 Å². The van der Waals surface area contributed by atoms with Crippen LogP contribution in [-0.4, -0.2) is 57.7 Å². The number of ether oxygens (including phenoxy) is 1. The highest BCUT2D eigenvalue weighted by Crippen LogP contribution is 2.25. The minimum atomic E-state index is 0.295. The van der Waals surface area contributed by atoms with Crippen molar-refractivity contribution in [1.82, 2.24) is 29.7 Å². The third kappa shape index (κ3) is 5.37. The van der Waals surface area contributed by atoms with Crippen LogP contribution in [0.15, 0.2) is 24.5 Å². The molecule has 8 heteroatoms. The zero-order valence-electron chi connectivity index (χ0n) is 19.3. The highest BCUT2D eigenvalue weighted by molar-refractivity contribution is 5.75. The monoisotopic (exact) mass is 437 g/mol. The first-order chi connectivity index (χ1) is 15.7. The molecule has 3 aromatic rings. The summed E-state index contributed by atoms with van der Waals surface area (Å²) in [5.74, 6) is 1.20. The normalized spacial score (nSPS) is 14.8. The maximum Gasteiger partial charge on any atom is 0.222 e. The molecule has 1 saturated heterocycles. The average Bonchev–Trinajstić information content (AvgIpc) is 3.20. The Bertz CT molecular complexity index is 1030. The average molecular weight is 438 g/mol. The number of fused-ring (bicyclic) bond motifs is 1. The van der Waals surface area contributed by atoms with Gasteiger partial charge in [0.15, 0.2) is 5.65 Å². The van der Waals surface area contributed by atoms with Gasteiger partial charge in [-0.2, -0.15) is 4.98 Å². The lowest BCUT2D eigenvalue weighted by molar-refractivity contribution is 0.233. The fourth-order valence-electron chi connectivity index (χ4n) is 4.42. The molecule has 0 atom stereocenters. The third-order valence-corrected chi connectivity index (χ3v) is 6.14. The summed E-state index contributed by atoms with van der Waals surface area (Å²) in [4.78, 5) is 15.9. The van der Waals surface area contributed by atoms with E-state index in [4.69, 9.17) is 10.5 Å². The number of piperazine rings is 1. The largest absolute Gasteiger partial charge is 0.496 e. The molecule has 0 spiro atoms. The minimum absolute atomic E-state index is 0.295. The smallest absolute Gasteiger partial charge is 0.222 e. The molecular formula is C24H35N7O. The van der Waals surface area contributed by atoms with Crippen LogP contribution in [0, 0.1) is 0 Å². The van der Waals surface area contributed by atoms with Crippen LogP contribution in [0.5, 0.6) is 5.75 Å². The Morgan fingerprint density at radius 2 is 1.94 bits per heavy atom. The number of rotatable bonds is 10. The van der Waals surface area contributed by atoms with Crippen LogP contribution in [0.2, 0.25) is 0 Å². The first kappa shape index (κ1) is 22.5. The van der Waals surface area contributed by atoms with Gasteiger partial charge in [-0.25, -0.2) is 9.97 Å². The van der Waals surface area contributed by atoms with Gasteiger partial charge in [0.2, 0.25) is 5.95 Å². The fourth-order valence-corrected chi connectivity index (χ4v) is 4.42. The number of aryl methyl sites for hydroxylation is 1. The van der Waals surface area contributed by atoms with Crippen LogP contribution in [0.4, 0.5) is 5.95 Å². The van der Waals surface area contributed by atoms with E-state index in [1.165, 1.54) is 24.8 Å². The molecule has 32 heavy (non-hydrogen) atoms. The van der Waals surface area contributed by atoms with Crippen molar-refractivity contribution < 1.29 is 4.74 Å². The van der Waals surface area contributed by atoms with Gasteiger partial charge in [0, 0.05) is 38.3 Å². The Hall–Kier alpha value is -2.71. The number of nitrogens with zero attached hydrogens (tertiary/aromatic N) is 5. The summed E-state index contributed by atoms with van der Waals surface area (Å²) in [5.41, 5.74) is 11.0. The van der Waals surface area contributed by atoms with E-state index in [9.17, 15) is 0 Å². The number of anilines is 1. The molecule has 3 heterocycles. The maximum atomic E-state index is 5.96. The lowest BCUT2D eigenvalue weighted by atomic mass is 10.1. The molecule has 3 N–H and O–H groups in total. The van der Waals surface area contributed by atoms with Crippen molar-refractivity contribution in [2.24, 2.45) is 0 Å². The number of methoxy groups -OCH3 is 1. The zero-order valence-corrected chi connectivity index (χ0v) is 19.3. The molecule has 4 rings (SSSR count). The number of unbranched alkanes of at least 4 members (excludes halogenated alkanes) is 3. The predicted molar refractivity (Wildman–Crippen MR) is 128 cm³/mol. The number of nitrogens with two attached hydrogens (primary N) is 1. The van der Waals surface area contributed by atoms with E-state index in [0.29, 0.717) is 18.1 Å². The first-order valence-electron chi connectivity index (χ1n) is 11.7. The quantitative estimate of drug-likeness (QED) is 0.471. The molecular weight excluding hydrogens is 402 g/mol. The Labute approximate surface area is 190 Å². The van der Waals surface area contributed by atoms with Gasteiger partial charge >= 0.3 is 0 Å². The van der Waals surface area contributed by atoms with Crippen molar-refractivity contribution in [2.75, 3.05) is 39.0 Å². The second kappa shape index (κ2) is 10.7. The number of hydrogen-bond donors (Lipinski definition) is 2. The molecule has 172 valence electrons. The van der Waals surface area contributed by atoms with E-state index in [-0.39, 0.29) is 0 Å². The highest BCUT2D eigenvalue weighted by Gasteiger charge is 2.16. The van der Waals surface area contributed by atoms with Crippen LogP contribution >= 0.6 is 0 Å². The van der Waals surface area contributed by atoms with E-state index < -0.39 is 0 Å². The molecule has 0 unspecified atom stereocenters. The van der Waals surface area contributed by atoms with Crippen LogP contribution in [0.3, 0.4) is 0 Å². The fraction of sp³-hybridized carbons (Fsp3) is 0.542. The highest BCUT2D eigenvalue weighted by atomic mass is 16.5. The van der Waals surface area contributed by atoms with E-state index in [1.807, 2.05) is 6.33 Å². The lowest BCUT2D eigenvalue weighted by Crippen LogP contribution is -2.42. The van der Waals surface area contributed by atoms with Gasteiger partial charge in [-0.1, -0.05) is 38.3 Å². The van der Waals surface area contributed by atoms with Crippen LogP contribution in [-0.2, 0) is 19.5 Å². The first-order valence-corrected chi connectivity index (χ1v) is 11.7. The second-order valence-electron chi connectivity index (χ2n) is 8.56. The summed E-state index contributed by atoms with van der Waals surface area (Å²) < 4.78 is 7.88. The van der Waals surface area contributed by atoms with Crippen LogP contribution in [0.25, 0.3) is 11.2 Å². The number of hydrogen-bond acceptors (Lipinski definition) is 7. The summed E-state index contributed by atoms with van der Waals surface area (Å²) >= 11 is 0. The molecule has 0 amide bonds. The van der Waals surface area contributed by atoms with Crippen molar-refractivity contribution in [1.29, 1.82) is 0 Å². The summed E-state index contributed by atoms with van der Waals surface area (Å²) in [6.07, 6.45) is 7.45. The summed E-state index contributed by atoms with van der Waals surface area (Å²) in [6.45, 7) is 8.08. The molecule has 2 aromatic heterocycles. The van der Waals surface area contributed by atoms with Gasteiger partial charge < -0.3 is 20.4 Å². The third-order valence-electron chi connectivity index (χ3n) is 6.14. The van der Waals surface area contributed by atoms with Gasteiger partial charge in [0.1, 0.15) is 11.3 Å². The summed E-state index contributed by atoms with van der Waals surface area (Å²) in [6, 6.07) is 6.54. The molecule has 1 aliphatic rings. The van der Waals surface area contributed by atoms with E-state index in [2.05, 4.69) is 54.9 Å². The number of nitrogens with one attached hydrogen (secondary N) is 1. The van der Waals surface area contributed by atoms with Crippen molar-refractivity contribution in [3.05, 3.63) is 41.3 Å². The molecule has 0 aliphatic carbocycles. The Kier molecular flexibility index (Phi) is 7.55. The van der Waals surface area contributed by atoms with E-state index in [1.54, 1.807) is 7.11 Å². The topological polar surface area (TPSA) is 94.1 Å². The summed E-state index contributed by atoms with van der Waals surface area (Å²) in [7, 11) is 1.74. The number of aromatic nitrogens is 4.